The average molecular weight is 182 g/mol. The van der Waals surface area contributed by atoms with Crippen LogP contribution in [0.25, 0.3) is 0 Å². The van der Waals surface area contributed by atoms with E-state index in [-0.39, 0.29) is 0 Å². The van der Waals surface area contributed by atoms with Gasteiger partial charge in [0.15, 0.2) is 0 Å². The smallest absolute Gasteiger partial charge is 0.104 e. The normalized spacial score (nSPS) is 11.6. The average Bonchev–Trinajstić information content (AvgIpc) is 1.27. The molecule has 0 aromatic rings. The highest BCUT2D eigenvalue weighted by molar-refractivity contribution is 9.11. The molecule has 40 valence electrons. The van der Waals surface area contributed by atoms with Gasteiger partial charge in [0.05, 0.1) is 4.61 Å². The standard InChI is InChI=1S/C4H5BrClN/c1-3(5)7-4(2)6/h1H2,2H3. The van der Waals surface area contributed by atoms with Crippen LogP contribution in [0.15, 0.2) is 16.2 Å². The van der Waals surface area contributed by atoms with Gasteiger partial charge < -0.3 is 0 Å². The summed E-state index contributed by atoms with van der Waals surface area (Å²) in [5.41, 5.74) is 0. The first-order valence-electron chi connectivity index (χ1n) is 1.68. The molecule has 0 spiro atoms. The predicted molar refractivity (Wildman–Crippen MR) is 37.0 cm³/mol. The van der Waals surface area contributed by atoms with Crippen molar-refractivity contribution >= 4 is 32.7 Å². The molecule has 0 amide bonds. The number of halogens is 2. The lowest BCUT2D eigenvalue weighted by molar-refractivity contribution is 1.56. The fourth-order valence-corrected chi connectivity index (χ4v) is 0.637. The summed E-state index contributed by atoms with van der Waals surface area (Å²) in [5.74, 6) is 0. The Bertz CT molecular complexity index is 104. The number of nitrogens with zero attached hydrogens (tertiary/aromatic N) is 1. The van der Waals surface area contributed by atoms with Crippen LogP contribution in [0.4, 0.5) is 0 Å². The van der Waals surface area contributed by atoms with Gasteiger partial charge >= 0.3 is 0 Å². The van der Waals surface area contributed by atoms with Gasteiger partial charge in [-0.15, -0.1) is 0 Å². The van der Waals surface area contributed by atoms with Crippen molar-refractivity contribution in [2.24, 2.45) is 4.99 Å². The molecule has 0 aromatic heterocycles. The van der Waals surface area contributed by atoms with Crippen LogP contribution in [0.5, 0.6) is 0 Å². The molecule has 0 radical (unpaired) electrons. The summed E-state index contributed by atoms with van der Waals surface area (Å²) in [6, 6.07) is 0. The lowest BCUT2D eigenvalue weighted by Crippen LogP contribution is -1.71. The third-order valence-corrected chi connectivity index (χ3v) is 0.537. The van der Waals surface area contributed by atoms with E-state index in [1.807, 2.05) is 0 Å². The van der Waals surface area contributed by atoms with Crippen LogP contribution in [0.2, 0.25) is 0 Å². The maximum atomic E-state index is 5.33. The van der Waals surface area contributed by atoms with Crippen LogP contribution < -0.4 is 0 Å². The van der Waals surface area contributed by atoms with E-state index in [9.17, 15) is 0 Å². The highest BCUT2D eigenvalue weighted by Crippen LogP contribution is 2.02. The SMILES string of the molecule is C=C(Br)N=C(C)Cl. The molecular formula is C4H5BrClN. The fourth-order valence-electron chi connectivity index (χ4n) is 0.167. The third-order valence-electron chi connectivity index (χ3n) is 0.275. The monoisotopic (exact) mass is 181 g/mol. The van der Waals surface area contributed by atoms with Gasteiger partial charge in [-0.05, 0) is 22.9 Å². The minimum absolute atomic E-state index is 0.488. The molecule has 0 atom stereocenters. The second-order valence-corrected chi connectivity index (χ2v) is 2.45. The Kier molecular flexibility index (Phi) is 3.30. The van der Waals surface area contributed by atoms with Gasteiger partial charge in [0.25, 0.3) is 0 Å². The van der Waals surface area contributed by atoms with Crippen molar-refractivity contribution in [2.75, 3.05) is 0 Å². The van der Waals surface area contributed by atoms with Crippen molar-refractivity contribution in [1.82, 2.24) is 0 Å². The first kappa shape index (κ1) is 7.18. The lowest BCUT2D eigenvalue weighted by atomic mass is 10.8. The van der Waals surface area contributed by atoms with E-state index in [0.717, 1.165) is 0 Å². The van der Waals surface area contributed by atoms with E-state index in [0.29, 0.717) is 9.78 Å². The number of aliphatic imine (C=N–C) groups is 1. The van der Waals surface area contributed by atoms with Crippen LogP contribution in [0, 0.1) is 0 Å². The van der Waals surface area contributed by atoms with Gasteiger partial charge in [-0.2, -0.15) is 0 Å². The third kappa shape index (κ3) is 6.18. The zero-order valence-electron chi connectivity index (χ0n) is 3.91. The van der Waals surface area contributed by atoms with Crippen LogP contribution in [-0.2, 0) is 0 Å². The summed E-state index contributed by atoms with van der Waals surface area (Å²) in [5, 5.41) is 0.488. The molecule has 0 aliphatic carbocycles. The Hall–Kier alpha value is 0.180. The zero-order valence-corrected chi connectivity index (χ0v) is 6.25. The molecule has 0 aromatic carbocycles. The van der Waals surface area contributed by atoms with Crippen molar-refractivity contribution in [3.63, 3.8) is 0 Å². The van der Waals surface area contributed by atoms with E-state index in [2.05, 4.69) is 27.5 Å². The number of rotatable bonds is 1. The Morgan fingerprint density at radius 3 is 2.29 bits per heavy atom. The van der Waals surface area contributed by atoms with Gasteiger partial charge in [0, 0.05) is 0 Å². The van der Waals surface area contributed by atoms with E-state index in [1.165, 1.54) is 0 Å². The molecule has 0 saturated carbocycles. The van der Waals surface area contributed by atoms with Crippen molar-refractivity contribution < 1.29 is 0 Å². The van der Waals surface area contributed by atoms with Gasteiger partial charge in [0.2, 0.25) is 0 Å². The Morgan fingerprint density at radius 1 is 1.86 bits per heavy atom. The molecule has 0 fully saturated rings. The maximum absolute atomic E-state index is 5.33. The zero-order chi connectivity index (χ0) is 5.86. The highest BCUT2D eigenvalue weighted by Gasteiger charge is 1.79. The van der Waals surface area contributed by atoms with Gasteiger partial charge in [0.1, 0.15) is 5.17 Å². The van der Waals surface area contributed by atoms with E-state index in [1.54, 1.807) is 6.92 Å². The lowest BCUT2D eigenvalue weighted by Gasteiger charge is -1.81. The summed E-state index contributed by atoms with van der Waals surface area (Å²) in [6.07, 6.45) is 0. The fraction of sp³-hybridized carbons (Fsp3) is 0.250. The second kappa shape index (κ2) is 3.22. The van der Waals surface area contributed by atoms with Crippen LogP contribution in [0.1, 0.15) is 6.92 Å². The molecule has 0 rings (SSSR count). The largest absolute Gasteiger partial charge is 0.235 e. The quantitative estimate of drug-likeness (QED) is 0.436. The maximum Gasteiger partial charge on any atom is 0.104 e. The Morgan fingerprint density at radius 2 is 2.29 bits per heavy atom. The summed E-state index contributed by atoms with van der Waals surface area (Å²) >= 11 is 8.34. The summed E-state index contributed by atoms with van der Waals surface area (Å²) in [7, 11) is 0. The van der Waals surface area contributed by atoms with E-state index >= 15 is 0 Å². The van der Waals surface area contributed by atoms with E-state index < -0.39 is 0 Å². The number of hydrogen-bond acceptors (Lipinski definition) is 1. The summed E-state index contributed by atoms with van der Waals surface area (Å²) in [4.78, 5) is 3.68. The molecule has 0 aliphatic heterocycles. The predicted octanol–water partition coefficient (Wildman–Crippen LogP) is 2.51. The molecule has 0 N–H and O–H groups in total. The number of hydrogen-bond donors (Lipinski definition) is 0. The first-order chi connectivity index (χ1) is 3.13. The molecule has 0 bridgehead atoms. The minimum atomic E-state index is 0.488. The molecule has 0 heterocycles. The van der Waals surface area contributed by atoms with Crippen molar-refractivity contribution in [2.45, 2.75) is 6.92 Å². The topological polar surface area (TPSA) is 12.4 Å². The Labute approximate surface area is 56.2 Å². The summed E-state index contributed by atoms with van der Waals surface area (Å²) < 4.78 is 0.556. The van der Waals surface area contributed by atoms with Crippen molar-refractivity contribution in [3.05, 3.63) is 11.2 Å². The van der Waals surface area contributed by atoms with Gasteiger partial charge in [-0.25, -0.2) is 4.99 Å². The van der Waals surface area contributed by atoms with Crippen LogP contribution in [0.3, 0.4) is 0 Å². The van der Waals surface area contributed by atoms with Gasteiger partial charge in [-0.1, -0.05) is 18.2 Å². The van der Waals surface area contributed by atoms with Gasteiger partial charge in [-0.3, -0.25) is 0 Å². The molecular weight excluding hydrogens is 177 g/mol. The molecule has 3 heteroatoms. The highest BCUT2D eigenvalue weighted by atomic mass is 79.9. The molecule has 0 unspecified atom stereocenters. The van der Waals surface area contributed by atoms with E-state index in [4.69, 9.17) is 11.6 Å². The van der Waals surface area contributed by atoms with Crippen molar-refractivity contribution in [1.29, 1.82) is 0 Å². The summed E-state index contributed by atoms with van der Waals surface area (Å²) in [6.45, 7) is 5.13. The first-order valence-corrected chi connectivity index (χ1v) is 2.85. The van der Waals surface area contributed by atoms with Crippen molar-refractivity contribution in [3.8, 4) is 0 Å². The second-order valence-electron chi connectivity index (χ2n) is 0.985. The Balaban J connectivity index is 3.68. The molecule has 1 nitrogen and oxygen atoms in total. The van der Waals surface area contributed by atoms with Crippen LogP contribution in [-0.4, -0.2) is 5.17 Å². The van der Waals surface area contributed by atoms with Crippen LogP contribution >= 0.6 is 27.5 Å². The molecule has 7 heavy (non-hydrogen) atoms. The minimum Gasteiger partial charge on any atom is -0.235 e. The molecule has 0 saturated heterocycles. The molecule has 0 aliphatic rings.